The summed E-state index contributed by atoms with van der Waals surface area (Å²) in [4.78, 5) is 21.1. The van der Waals surface area contributed by atoms with Crippen molar-refractivity contribution in [3.63, 3.8) is 0 Å². The Balaban J connectivity index is 0.000000399. The van der Waals surface area contributed by atoms with Gasteiger partial charge in [0.1, 0.15) is 5.54 Å². The first-order chi connectivity index (χ1) is 9.03. The Morgan fingerprint density at radius 2 is 1.84 bits per heavy atom. The maximum Gasteiger partial charge on any atom is 0.300 e. The molecule has 1 saturated carbocycles. The van der Waals surface area contributed by atoms with Crippen molar-refractivity contribution in [2.45, 2.75) is 38.1 Å². The van der Waals surface area contributed by atoms with Crippen LogP contribution in [0.5, 0.6) is 0 Å². The molecule has 0 aromatic heterocycles. The monoisotopic (exact) mass is 263 g/mol. The molecule has 4 heteroatoms. The van der Waals surface area contributed by atoms with Crippen molar-refractivity contribution in [2.75, 3.05) is 7.05 Å². The van der Waals surface area contributed by atoms with E-state index in [4.69, 9.17) is 9.90 Å². The average Bonchev–Trinajstić information content (AvgIpc) is 2.40. The molecule has 1 aromatic rings. The van der Waals surface area contributed by atoms with E-state index in [9.17, 15) is 4.79 Å². The molecule has 0 saturated heterocycles. The second-order valence-corrected chi connectivity index (χ2v) is 4.67. The number of hydrogen-bond donors (Lipinski definition) is 2. The van der Waals surface area contributed by atoms with Crippen molar-refractivity contribution in [1.82, 2.24) is 5.32 Å². The fraction of sp³-hybridized carbons (Fsp3) is 0.467. The molecule has 1 aliphatic carbocycles. The number of likely N-dealkylation sites (N-methyl/N-ethyl adjacent to an activating group) is 1. The number of hydrogen-bond acceptors (Lipinski definition) is 3. The van der Waals surface area contributed by atoms with Gasteiger partial charge in [0.05, 0.1) is 0 Å². The fourth-order valence-electron chi connectivity index (χ4n) is 2.47. The summed E-state index contributed by atoms with van der Waals surface area (Å²) >= 11 is 0. The van der Waals surface area contributed by atoms with Crippen LogP contribution in [0.25, 0.3) is 0 Å². The highest BCUT2D eigenvalue weighted by Crippen LogP contribution is 2.33. The molecule has 2 rings (SSSR count). The summed E-state index contributed by atoms with van der Waals surface area (Å²) in [5.41, 5.74) is 0.691. The molecule has 1 aromatic carbocycles. The summed E-state index contributed by atoms with van der Waals surface area (Å²) in [6, 6.07) is 10.1. The van der Waals surface area contributed by atoms with E-state index in [2.05, 4.69) is 5.32 Å². The topological polar surface area (TPSA) is 66.4 Å². The number of ketones is 1. The van der Waals surface area contributed by atoms with Gasteiger partial charge in [-0.2, -0.15) is 0 Å². The molecule has 1 unspecified atom stereocenters. The van der Waals surface area contributed by atoms with Crippen LogP contribution in [0.2, 0.25) is 0 Å². The summed E-state index contributed by atoms with van der Waals surface area (Å²) in [6.45, 7) is 1.08. The number of carboxylic acids is 1. The molecule has 0 heterocycles. The highest BCUT2D eigenvalue weighted by Gasteiger charge is 2.39. The van der Waals surface area contributed by atoms with Crippen molar-refractivity contribution >= 4 is 11.8 Å². The highest BCUT2D eigenvalue weighted by molar-refractivity contribution is 5.90. The highest BCUT2D eigenvalue weighted by atomic mass is 16.4. The van der Waals surface area contributed by atoms with Gasteiger partial charge in [-0.05, 0) is 25.5 Å². The smallest absolute Gasteiger partial charge is 0.300 e. The van der Waals surface area contributed by atoms with E-state index in [1.54, 1.807) is 0 Å². The molecule has 2 N–H and O–H groups in total. The zero-order valence-electron chi connectivity index (χ0n) is 11.5. The van der Waals surface area contributed by atoms with Gasteiger partial charge < -0.3 is 10.4 Å². The number of aliphatic carboxylic acids is 1. The Bertz CT molecular complexity index is 426. The molecule has 19 heavy (non-hydrogen) atoms. The lowest BCUT2D eigenvalue weighted by Crippen LogP contribution is -2.49. The van der Waals surface area contributed by atoms with Gasteiger partial charge in [-0.3, -0.25) is 9.59 Å². The van der Waals surface area contributed by atoms with E-state index in [0.29, 0.717) is 12.2 Å². The molecule has 0 amide bonds. The Labute approximate surface area is 113 Å². The van der Waals surface area contributed by atoms with Gasteiger partial charge >= 0.3 is 0 Å². The van der Waals surface area contributed by atoms with Crippen LogP contribution in [-0.2, 0) is 15.1 Å². The van der Waals surface area contributed by atoms with Crippen LogP contribution in [0, 0.1) is 0 Å². The second kappa shape index (κ2) is 7.04. The number of carbonyl (C=O) groups excluding carboxylic acids is 1. The van der Waals surface area contributed by atoms with Gasteiger partial charge in [-0.15, -0.1) is 0 Å². The van der Waals surface area contributed by atoms with Crippen molar-refractivity contribution in [1.29, 1.82) is 0 Å². The largest absolute Gasteiger partial charge is 0.481 e. The van der Waals surface area contributed by atoms with Gasteiger partial charge in [0.2, 0.25) is 0 Å². The third-order valence-corrected chi connectivity index (χ3v) is 3.37. The number of benzene rings is 1. The number of carbonyl (C=O) groups is 2. The van der Waals surface area contributed by atoms with E-state index in [-0.39, 0.29) is 0 Å². The zero-order chi connectivity index (χ0) is 14.3. The lowest BCUT2D eigenvalue weighted by atomic mass is 9.76. The summed E-state index contributed by atoms with van der Waals surface area (Å²) in [5, 5.41) is 10.7. The molecule has 0 spiro atoms. The van der Waals surface area contributed by atoms with Crippen molar-refractivity contribution in [3.8, 4) is 0 Å². The first-order valence-corrected chi connectivity index (χ1v) is 6.50. The van der Waals surface area contributed by atoms with E-state index in [0.717, 1.165) is 31.7 Å². The maximum absolute atomic E-state index is 12.1. The molecule has 104 valence electrons. The van der Waals surface area contributed by atoms with E-state index in [1.807, 2.05) is 37.4 Å². The normalized spacial score (nSPS) is 22.3. The molecule has 4 nitrogen and oxygen atoms in total. The SMILES string of the molecule is CC(=O)O.CNC1(c2ccccc2)CCCCC1=O. The zero-order valence-corrected chi connectivity index (χ0v) is 11.5. The standard InChI is InChI=1S/C13H17NO.C2H4O2/c1-14-13(10-6-5-9-12(13)15)11-7-3-2-4-8-11;1-2(3)4/h2-4,7-8,14H,5-6,9-10H2,1H3;1H3,(H,3,4). The summed E-state index contributed by atoms with van der Waals surface area (Å²) in [7, 11) is 1.89. The number of nitrogens with one attached hydrogen (secondary N) is 1. The summed E-state index contributed by atoms with van der Waals surface area (Å²) in [6.07, 6.45) is 3.79. The Morgan fingerprint density at radius 3 is 2.32 bits per heavy atom. The first kappa shape index (κ1) is 15.4. The molecular weight excluding hydrogens is 242 g/mol. The molecule has 0 radical (unpaired) electrons. The van der Waals surface area contributed by atoms with Crippen LogP contribution in [0.4, 0.5) is 0 Å². The second-order valence-electron chi connectivity index (χ2n) is 4.67. The van der Waals surface area contributed by atoms with E-state index >= 15 is 0 Å². The summed E-state index contributed by atoms with van der Waals surface area (Å²) in [5.74, 6) is -0.498. The van der Waals surface area contributed by atoms with Gasteiger partial charge in [0.15, 0.2) is 5.78 Å². The van der Waals surface area contributed by atoms with Crippen LogP contribution >= 0.6 is 0 Å². The van der Waals surface area contributed by atoms with Crippen LogP contribution in [-0.4, -0.2) is 23.9 Å². The number of rotatable bonds is 2. The van der Waals surface area contributed by atoms with Gasteiger partial charge in [-0.1, -0.05) is 36.8 Å². The number of Topliss-reactive ketones (excluding diaryl/α,β-unsaturated/α-hetero) is 1. The minimum atomic E-state index is -0.833. The maximum atomic E-state index is 12.1. The lowest BCUT2D eigenvalue weighted by Gasteiger charge is -2.36. The molecule has 1 aliphatic rings. The third-order valence-electron chi connectivity index (χ3n) is 3.37. The average molecular weight is 263 g/mol. The van der Waals surface area contributed by atoms with Crippen molar-refractivity contribution < 1.29 is 14.7 Å². The molecule has 0 aliphatic heterocycles. The van der Waals surface area contributed by atoms with E-state index in [1.165, 1.54) is 0 Å². The fourth-order valence-corrected chi connectivity index (χ4v) is 2.47. The molecule has 0 bridgehead atoms. The van der Waals surface area contributed by atoms with Crippen molar-refractivity contribution in [2.24, 2.45) is 0 Å². The van der Waals surface area contributed by atoms with Gasteiger partial charge in [-0.25, -0.2) is 0 Å². The summed E-state index contributed by atoms with van der Waals surface area (Å²) < 4.78 is 0. The molecular formula is C15H21NO3. The quantitative estimate of drug-likeness (QED) is 0.859. The molecule has 1 fully saturated rings. The Kier molecular flexibility index (Phi) is 5.70. The Morgan fingerprint density at radius 1 is 1.26 bits per heavy atom. The van der Waals surface area contributed by atoms with Gasteiger partial charge in [0.25, 0.3) is 5.97 Å². The molecule has 1 atom stereocenters. The first-order valence-electron chi connectivity index (χ1n) is 6.50. The minimum absolute atomic E-state index is 0.336. The van der Waals surface area contributed by atoms with Crippen molar-refractivity contribution in [3.05, 3.63) is 35.9 Å². The lowest BCUT2D eigenvalue weighted by molar-refractivity contribution is -0.134. The van der Waals surface area contributed by atoms with Crippen LogP contribution < -0.4 is 5.32 Å². The van der Waals surface area contributed by atoms with Crippen LogP contribution in [0.1, 0.15) is 38.2 Å². The number of carboxylic acid groups (broad SMARTS) is 1. The predicted molar refractivity (Wildman–Crippen MR) is 74.0 cm³/mol. The van der Waals surface area contributed by atoms with E-state index < -0.39 is 11.5 Å². The van der Waals surface area contributed by atoms with Crippen LogP contribution in [0.15, 0.2) is 30.3 Å². The predicted octanol–water partition coefficient (Wildman–Crippen LogP) is 2.34. The van der Waals surface area contributed by atoms with Gasteiger partial charge in [0, 0.05) is 13.3 Å². The van der Waals surface area contributed by atoms with Crippen LogP contribution in [0.3, 0.4) is 0 Å². The minimum Gasteiger partial charge on any atom is -0.481 e. The third kappa shape index (κ3) is 3.89. The Hall–Kier alpha value is -1.68.